The fourth-order valence-corrected chi connectivity index (χ4v) is 2.19. The molecule has 0 nitrogen and oxygen atoms in total. The molecule has 0 aliphatic heterocycles. The van der Waals surface area contributed by atoms with E-state index in [1.54, 1.807) is 0 Å². The molecule has 2 radical (unpaired) electrons. The van der Waals surface area contributed by atoms with E-state index in [-0.39, 0.29) is 39.0 Å². The SMILES string of the molecule is C1=C\CC/C=C\CC/1.Cl/C1=C(\Cl)CC/C=C\CC1.[Rh].[Rh]. The van der Waals surface area contributed by atoms with Crippen LogP contribution in [0.3, 0.4) is 0 Å². The van der Waals surface area contributed by atoms with Crippen molar-refractivity contribution in [2.75, 3.05) is 0 Å². The van der Waals surface area contributed by atoms with Gasteiger partial charge in [0, 0.05) is 49.0 Å². The van der Waals surface area contributed by atoms with Crippen molar-refractivity contribution in [1.82, 2.24) is 0 Å². The monoisotopic (exact) mass is 490 g/mol. The fourth-order valence-electron chi connectivity index (χ4n) is 1.78. The second-order valence-corrected chi connectivity index (χ2v) is 5.37. The average molecular weight is 491 g/mol. The van der Waals surface area contributed by atoms with E-state index in [2.05, 4.69) is 36.5 Å². The molecule has 0 fully saturated rings. The number of allylic oxidation sites excluding steroid dienone is 8. The molecule has 20 heavy (non-hydrogen) atoms. The van der Waals surface area contributed by atoms with Crippen LogP contribution in [-0.4, -0.2) is 0 Å². The summed E-state index contributed by atoms with van der Waals surface area (Å²) < 4.78 is 0. The van der Waals surface area contributed by atoms with Gasteiger partial charge in [-0.1, -0.05) is 59.7 Å². The Balaban J connectivity index is 0. The van der Waals surface area contributed by atoms with Crippen molar-refractivity contribution in [1.29, 1.82) is 0 Å². The van der Waals surface area contributed by atoms with Crippen LogP contribution in [0.1, 0.15) is 51.4 Å². The summed E-state index contributed by atoms with van der Waals surface area (Å²) in [4.78, 5) is 0. The van der Waals surface area contributed by atoms with Crippen molar-refractivity contribution >= 4 is 23.2 Å². The Morgan fingerprint density at radius 1 is 0.500 bits per heavy atom. The molecule has 0 saturated heterocycles. The van der Waals surface area contributed by atoms with Crippen LogP contribution >= 0.6 is 23.2 Å². The van der Waals surface area contributed by atoms with Gasteiger partial charge in [0.25, 0.3) is 0 Å². The molecule has 0 aromatic heterocycles. The van der Waals surface area contributed by atoms with Gasteiger partial charge < -0.3 is 0 Å². The zero-order valence-corrected chi connectivity index (χ0v) is 16.3. The standard InChI is InChI=1S/C8H10Cl2.C8H12.2Rh/c9-7-5-3-1-2-4-6-8(7)10;1-2-4-6-8-7-5-3-1;;/h1-2H,3-6H2;1-2,7-8H,3-6H2;;/b2*2-1-,8-7-;;. The largest absolute Gasteiger partial charge is 0.0882 e. The minimum absolute atomic E-state index is 0. The summed E-state index contributed by atoms with van der Waals surface area (Å²) in [6, 6.07) is 0. The molecule has 2 rings (SSSR count). The van der Waals surface area contributed by atoms with Crippen molar-refractivity contribution in [2.24, 2.45) is 0 Å². The van der Waals surface area contributed by atoms with E-state index in [0.29, 0.717) is 0 Å². The Morgan fingerprint density at radius 2 is 0.750 bits per heavy atom. The zero-order chi connectivity index (χ0) is 13.1. The van der Waals surface area contributed by atoms with E-state index >= 15 is 0 Å². The van der Waals surface area contributed by atoms with E-state index in [1.807, 2.05) is 0 Å². The van der Waals surface area contributed by atoms with E-state index in [4.69, 9.17) is 23.2 Å². The van der Waals surface area contributed by atoms with Crippen LogP contribution in [0.25, 0.3) is 0 Å². The fraction of sp³-hybridized carbons (Fsp3) is 0.500. The first kappa shape index (κ1) is 23.1. The summed E-state index contributed by atoms with van der Waals surface area (Å²) in [5, 5.41) is 1.68. The van der Waals surface area contributed by atoms with Gasteiger partial charge >= 0.3 is 0 Å². The van der Waals surface area contributed by atoms with Crippen LogP contribution in [0, 0.1) is 0 Å². The molecule has 2 aliphatic rings. The van der Waals surface area contributed by atoms with Gasteiger partial charge in [-0.15, -0.1) is 0 Å². The maximum absolute atomic E-state index is 5.86. The Morgan fingerprint density at radius 3 is 1.05 bits per heavy atom. The van der Waals surface area contributed by atoms with Gasteiger partial charge in [-0.05, 0) is 51.4 Å². The van der Waals surface area contributed by atoms with Crippen molar-refractivity contribution in [3.8, 4) is 0 Å². The summed E-state index contributed by atoms with van der Waals surface area (Å²) in [6.45, 7) is 0. The molecule has 2 aliphatic carbocycles. The van der Waals surface area contributed by atoms with Crippen molar-refractivity contribution in [3.63, 3.8) is 0 Å². The third-order valence-corrected chi connectivity index (χ3v) is 3.79. The predicted octanol–water partition coefficient (Wildman–Crippen LogP) is 6.47. The molecule has 0 bridgehead atoms. The van der Waals surface area contributed by atoms with E-state index in [9.17, 15) is 0 Å². The van der Waals surface area contributed by atoms with Gasteiger partial charge in [-0.2, -0.15) is 0 Å². The van der Waals surface area contributed by atoms with Crippen LogP contribution in [-0.2, 0) is 39.0 Å². The minimum atomic E-state index is 0. The summed E-state index contributed by atoms with van der Waals surface area (Å²) >= 11 is 11.7. The van der Waals surface area contributed by atoms with Crippen molar-refractivity contribution < 1.29 is 39.0 Å². The molecule has 0 atom stereocenters. The molecular formula is C16H22Cl2Rh2. The summed E-state index contributed by atoms with van der Waals surface area (Å²) in [7, 11) is 0. The van der Waals surface area contributed by atoms with Gasteiger partial charge in [0.2, 0.25) is 0 Å². The van der Waals surface area contributed by atoms with E-state index < -0.39 is 0 Å². The molecule has 0 spiro atoms. The molecule has 118 valence electrons. The molecule has 0 saturated carbocycles. The number of rotatable bonds is 0. The number of hydrogen-bond donors (Lipinski definition) is 0. The third kappa shape index (κ3) is 12.5. The first-order valence-corrected chi connectivity index (χ1v) is 7.54. The molecule has 0 N–H and O–H groups in total. The average Bonchev–Trinajstić information content (AvgIpc) is 2.31. The van der Waals surface area contributed by atoms with Crippen LogP contribution in [0.5, 0.6) is 0 Å². The van der Waals surface area contributed by atoms with Crippen molar-refractivity contribution in [3.05, 3.63) is 46.5 Å². The minimum Gasteiger partial charge on any atom is -0.0882 e. The van der Waals surface area contributed by atoms with Gasteiger partial charge in [0.05, 0.1) is 0 Å². The van der Waals surface area contributed by atoms with Crippen LogP contribution in [0.15, 0.2) is 46.5 Å². The zero-order valence-electron chi connectivity index (χ0n) is 11.5. The first-order chi connectivity index (χ1) is 8.80. The van der Waals surface area contributed by atoms with Crippen LogP contribution < -0.4 is 0 Å². The molecule has 0 unspecified atom stereocenters. The normalized spacial score (nSPS) is 26.7. The molecule has 0 heterocycles. The van der Waals surface area contributed by atoms with Gasteiger partial charge in [-0.3, -0.25) is 0 Å². The molecular weight excluding hydrogens is 469 g/mol. The van der Waals surface area contributed by atoms with Crippen LogP contribution in [0.2, 0.25) is 0 Å². The van der Waals surface area contributed by atoms with E-state index in [0.717, 1.165) is 35.7 Å². The molecule has 0 aromatic rings. The maximum atomic E-state index is 5.86. The second-order valence-electron chi connectivity index (χ2n) is 4.46. The Kier molecular flexibility index (Phi) is 18.6. The predicted molar refractivity (Wildman–Crippen MR) is 83.1 cm³/mol. The summed E-state index contributed by atoms with van der Waals surface area (Å²) in [6.07, 6.45) is 22.2. The molecule has 4 heteroatoms. The second kappa shape index (κ2) is 16.2. The van der Waals surface area contributed by atoms with Crippen LogP contribution in [0.4, 0.5) is 0 Å². The van der Waals surface area contributed by atoms with E-state index in [1.165, 1.54) is 25.7 Å². The summed E-state index contributed by atoms with van der Waals surface area (Å²) in [5.74, 6) is 0. The Hall–Kier alpha value is 0.787. The first-order valence-electron chi connectivity index (χ1n) is 6.78. The van der Waals surface area contributed by atoms with Gasteiger partial charge in [0.1, 0.15) is 0 Å². The Bertz CT molecular complexity index is 300. The maximum Gasteiger partial charge on any atom is 0.0329 e. The van der Waals surface area contributed by atoms with Crippen molar-refractivity contribution in [2.45, 2.75) is 51.4 Å². The van der Waals surface area contributed by atoms with Gasteiger partial charge in [-0.25, -0.2) is 0 Å². The molecule has 0 amide bonds. The smallest absolute Gasteiger partial charge is 0.0329 e. The third-order valence-electron chi connectivity index (χ3n) is 2.86. The number of hydrogen-bond acceptors (Lipinski definition) is 0. The summed E-state index contributed by atoms with van der Waals surface area (Å²) in [5.41, 5.74) is 0. The molecule has 0 aromatic carbocycles. The quantitative estimate of drug-likeness (QED) is 0.269. The van der Waals surface area contributed by atoms with Gasteiger partial charge in [0.15, 0.2) is 0 Å². The topological polar surface area (TPSA) is 0 Å². The number of halogens is 2. The Labute approximate surface area is 159 Å².